The van der Waals surface area contributed by atoms with Gasteiger partial charge in [-0.2, -0.15) is 0 Å². The molecule has 3 aliphatic rings. The van der Waals surface area contributed by atoms with E-state index in [4.69, 9.17) is 30.8 Å². The summed E-state index contributed by atoms with van der Waals surface area (Å²) in [5.74, 6) is 1.95. The lowest BCUT2D eigenvalue weighted by atomic mass is 9.83. The Morgan fingerprint density at radius 3 is 2.76 bits per heavy atom. The number of aryl methyl sites for hydroxylation is 1. The largest absolute Gasteiger partial charge is 0.439 e. The second-order valence-electron chi connectivity index (χ2n) is 11.9. The van der Waals surface area contributed by atoms with Crippen molar-refractivity contribution >= 4 is 28.6 Å². The number of hydrogen-bond donors (Lipinski definition) is 1. The summed E-state index contributed by atoms with van der Waals surface area (Å²) < 4.78 is 13.4. The van der Waals surface area contributed by atoms with E-state index in [9.17, 15) is 4.79 Å². The summed E-state index contributed by atoms with van der Waals surface area (Å²) in [6, 6.07) is 4.16. The average molecular weight is 578 g/mol. The highest BCUT2D eigenvalue weighted by atomic mass is 35.5. The van der Waals surface area contributed by atoms with E-state index in [1.54, 1.807) is 6.20 Å². The highest BCUT2D eigenvalue weighted by Gasteiger charge is 2.39. The Hall–Kier alpha value is -3.24. The summed E-state index contributed by atoms with van der Waals surface area (Å²) >= 11 is 6.52. The van der Waals surface area contributed by atoms with Crippen molar-refractivity contribution in [2.24, 2.45) is 11.8 Å². The molecule has 216 valence electrons. The molecule has 1 saturated heterocycles. The molecule has 0 bridgehead atoms. The number of morpholine rings is 1. The Labute approximate surface area is 243 Å². The van der Waals surface area contributed by atoms with Crippen LogP contribution in [-0.4, -0.2) is 55.0 Å². The predicted octanol–water partition coefficient (Wildman–Crippen LogP) is 5.64. The molecule has 0 aromatic carbocycles. The lowest BCUT2D eigenvalue weighted by Crippen LogP contribution is -2.49. The van der Waals surface area contributed by atoms with Crippen LogP contribution >= 0.6 is 11.6 Å². The van der Waals surface area contributed by atoms with Crippen LogP contribution in [0.5, 0.6) is 0 Å². The number of ether oxygens (including phenoxy) is 1. The van der Waals surface area contributed by atoms with Gasteiger partial charge in [-0.1, -0.05) is 43.4 Å². The first-order chi connectivity index (χ1) is 20.0. The van der Waals surface area contributed by atoms with Crippen LogP contribution < -0.4 is 10.7 Å². The maximum absolute atomic E-state index is 11.9. The van der Waals surface area contributed by atoms with Crippen molar-refractivity contribution in [3.05, 3.63) is 39.6 Å². The zero-order chi connectivity index (χ0) is 28.1. The molecule has 0 unspecified atom stereocenters. The zero-order valence-corrected chi connectivity index (χ0v) is 24.4. The second kappa shape index (κ2) is 10.9. The van der Waals surface area contributed by atoms with Crippen molar-refractivity contribution in [3.8, 4) is 22.8 Å². The van der Waals surface area contributed by atoms with Crippen LogP contribution in [0.2, 0.25) is 5.02 Å². The smallest absolute Gasteiger partial charge is 0.374 e. The SMILES string of the molecule is CCc1ncc(Cl)cc1-c1nc(-c2noc(=O)[nH]2)cc2nc(N3CCO[C@@H]4CCC[C@H]43)n(CC3CCC(C)CC3)c12. The molecule has 3 fully saturated rings. The van der Waals surface area contributed by atoms with Crippen molar-refractivity contribution < 1.29 is 9.26 Å². The maximum atomic E-state index is 11.9. The van der Waals surface area contributed by atoms with Crippen LogP contribution in [0.25, 0.3) is 33.8 Å². The van der Waals surface area contributed by atoms with Crippen LogP contribution in [-0.2, 0) is 17.7 Å². The van der Waals surface area contributed by atoms with Gasteiger partial charge in [-0.25, -0.2) is 14.8 Å². The monoisotopic (exact) mass is 577 g/mol. The lowest BCUT2D eigenvalue weighted by Gasteiger charge is -2.39. The van der Waals surface area contributed by atoms with Crippen LogP contribution in [0.3, 0.4) is 0 Å². The maximum Gasteiger partial charge on any atom is 0.439 e. The first-order valence-electron chi connectivity index (χ1n) is 15.0. The van der Waals surface area contributed by atoms with Gasteiger partial charge in [0.25, 0.3) is 0 Å². The van der Waals surface area contributed by atoms with Crippen LogP contribution in [0.4, 0.5) is 5.95 Å². The predicted molar refractivity (Wildman–Crippen MR) is 157 cm³/mol. The lowest BCUT2D eigenvalue weighted by molar-refractivity contribution is 0.0247. The molecule has 5 heterocycles. The molecule has 2 saturated carbocycles. The standard InChI is InChI=1S/C30H36ClN7O3/c1-3-21-20(13-19(31)15-32-21)26-27-22(14-23(33-26)28-35-30(39)41-36-28)34-29(37-11-12-40-25-6-4-5-24(25)37)38(27)16-18-9-7-17(2)8-10-18/h13-15,17-18,24-25H,3-12,16H2,1-2H3,(H,35,36,39)/t17?,18?,24-,25-/m1/s1. The van der Waals surface area contributed by atoms with Crippen LogP contribution in [0.1, 0.15) is 64.5 Å². The van der Waals surface area contributed by atoms with Gasteiger partial charge in [-0.05, 0) is 62.5 Å². The number of hydrogen-bond acceptors (Lipinski definition) is 8. The highest BCUT2D eigenvalue weighted by molar-refractivity contribution is 6.30. The number of nitrogens with zero attached hydrogens (tertiary/aromatic N) is 6. The van der Waals surface area contributed by atoms with Gasteiger partial charge >= 0.3 is 5.76 Å². The van der Waals surface area contributed by atoms with E-state index in [0.717, 1.165) is 78.6 Å². The Morgan fingerprint density at radius 2 is 1.98 bits per heavy atom. The molecule has 0 radical (unpaired) electrons. The average Bonchev–Trinajstić information content (AvgIpc) is 3.72. The van der Waals surface area contributed by atoms with Gasteiger partial charge in [0, 0.05) is 30.5 Å². The molecular formula is C30H36ClN7O3. The zero-order valence-electron chi connectivity index (χ0n) is 23.6. The Bertz CT molecular complexity index is 1620. The van der Waals surface area contributed by atoms with Gasteiger partial charge in [-0.3, -0.25) is 14.5 Å². The van der Waals surface area contributed by atoms with Crippen molar-refractivity contribution in [3.63, 3.8) is 0 Å². The molecule has 11 heteroatoms. The van der Waals surface area contributed by atoms with E-state index in [-0.39, 0.29) is 11.9 Å². The number of imidazole rings is 1. The van der Waals surface area contributed by atoms with Gasteiger partial charge in [-0.15, -0.1) is 0 Å². The van der Waals surface area contributed by atoms with E-state index in [0.29, 0.717) is 29.3 Å². The molecule has 1 aliphatic heterocycles. The minimum Gasteiger partial charge on any atom is -0.374 e. The number of anilines is 1. The summed E-state index contributed by atoms with van der Waals surface area (Å²) in [6.07, 6.45) is 10.9. The first kappa shape index (κ1) is 26.6. The summed E-state index contributed by atoms with van der Waals surface area (Å²) in [7, 11) is 0. The fourth-order valence-electron chi connectivity index (χ4n) is 7.08. The van der Waals surface area contributed by atoms with Crippen LogP contribution in [0.15, 0.2) is 27.6 Å². The first-order valence-corrected chi connectivity index (χ1v) is 15.4. The van der Waals surface area contributed by atoms with E-state index in [2.05, 4.69) is 38.4 Å². The second-order valence-corrected chi connectivity index (χ2v) is 12.4. The number of nitrogens with one attached hydrogen (secondary N) is 1. The van der Waals surface area contributed by atoms with E-state index >= 15 is 0 Å². The Morgan fingerprint density at radius 1 is 1.12 bits per heavy atom. The molecule has 2 atom stereocenters. The molecule has 4 aromatic rings. The third-order valence-electron chi connectivity index (χ3n) is 9.23. The van der Waals surface area contributed by atoms with Crippen molar-refractivity contribution in [2.45, 2.75) is 83.9 Å². The summed E-state index contributed by atoms with van der Waals surface area (Å²) in [6.45, 7) is 6.81. The molecule has 0 spiro atoms. The van der Waals surface area contributed by atoms with Gasteiger partial charge in [0.15, 0.2) is 0 Å². The minimum absolute atomic E-state index is 0.240. The molecule has 41 heavy (non-hydrogen) atoms. The summed E-state index contributed by atoms with van der Waals surface area (Å²) in [5, 5.41) is 4.49. The Balaban J connectivity index is 1.47. The quantitative estimate of drug-likeness (QED) is 0.313. The fourth-order valence-corrected chi connectivity index (χ4v) is 7.24. The molecule has 1 N–H and O–H groups in total. The molecule has 4 aromatic heterocycles. The normalized spacial score (nSPS) is 24.7. The Kier molecular flexibility index (Phi) is 7.06. The van der Waals surface area contributed by atoms with Crippen molar-refractivity contribution in [1.29, 1.82) is 0 Å². The third kappa shape index (κ3) is 4.95. The summed E-state index contributed by atoms with van der Waals surface area (Å²) in [4.78, 5) is 32.1. The van der Waals surface area contributed by atoms with E-state index in [1.165, 1.54) is 25.7 Å². The van der Waals surface area contributed by atoms with Crippen molar-refractivity contribution in [2.75, 3.05) is 18.1 Å². The van der Waals surface area contributed by atoms with Gasteiger partial charge in [0.2, 0.25) is 11.8 Å². The topological polar surface area (TPSA) is 115 Å². The number of aromatic amines is 1. The van der Waals surface area contributed by atoms with E-state index < -0.39 is 5.76 Å². The highest BCUT2D eigenvalue weighted by Crippen LogP contribution is 2.40. The molecule has 7 rings (SSSR count). The number of fused-ring (bicyclic) bond motifs is 2. The number of H-pyrrole nitrogens is 1. The molecule has 10 nitrogen and oxygen atoms in total. The molecular weight excluding hydrogens is 542 g/mol. The third-order valence-corrected chi connectivity index (χ3v) is 9.44. The number of halogens is 1. The molecule has 0 amide bonds. The fraction of sp³-hybridized carbons (Fsp3) is 0.567. The van der Waals surface area contributed by atoms with Crippen molar-refractivity contribution in [1.82, 2.24) is 29.7 Å². The van der Waals surface area contributed by atoms with Gasteiger partial charge in [0.1, 0.15) is 5.69 Å². The number of rotatable bonds is 6. The molecule has 2 aliphatic carbocycles. The minimum atomic E-state index is -0.625. The van der Waals surface area contributed by atoms with E-state index in [1.807, 2.05) is 12.1 Å². The van der Waals surface area contributed by atoms with Gasteiger partial charge in [0.05, 0.1) is 40.5 Å². The van der Waals surface area contributed by atoms with Crippen LogP contribution in [0, 0.1) is 11.8 Å². The number of pyridine rings is 2. The summed E-state index contributed by atoms with van der Waals surface area (Å²) in [5.41, 5.74) is 4.76. The van der Waals surface area contributed by atoms with Gasteiger partial charge < -0.3 is 14.2 Å². The number of aromatic nitrogens is 6.